The van der Waals surface area contributed by atoms with Crippen LogP contribution < -0.4 is 10.1 Å². The van der Waals surface area contributed by atoms with E-state index in [1.54, 1.807) is 19.2 Å². The first-order chi connectivity index (χ1) is 12.2. The SMILES string of the molecule is CCC(=O)NC1N=CC=C(C)N1C(C)c1ccc(OCC(F)(F)F)nc1. The van der Waals surface area contributed by atoms with E-state index in [4.69, 9.17) is 0 Å². The smallest absolute Gasteiger partial charge is 0.422 e. The van der Waals surface area contributed by atoms with Crippen molar-refractivity contribution >= 4 is 12.1 Å². The van der Waals surface area contributed by atoms with Crippen molar-refractivity contribution in [2.75, 3.05) is 6.61 Å². The van der Waals surface area contributed by atoms with Crippen molar-refractivity contribution in [2.24, 2.45) is 4.99 Å². The first kappa shape index (κ1) is 19.7. The van der Waals surface area contributed by atoms with Gasteiger partial charge in [-0.1, -0.05) is 13.0 Å². The van der Waals surface area contributed by atoms with E-state index in [2.05, 4.69) is 20.0 Å². The minimum absolute atomic E-state index is 0.0990. The fourth-order valence-electron chi connectivity index (χ4n) is 2.49. The van der Waals surface area contributed by atoms with E-state index in [-0.39, 0.29) is 17.8 Å². The van der Waals surface area contributed by atoms with Gasteiger partial charge in [0.2, 0.25) is 11.8 Å². The quantitative estimate of drug-likeness (QED) is 0.835. The third kappa shape index (κ3) is 5.21. The van der Waals surface area contributed by atoms with Crippen LogP contribution in [0.5, 0.6) is 5.88 Å². The highest BCUT2D eigenvalue weighted by atomic mass is 19.4. The van der Waals surface area contributed by atoms with Crippen molar-refractivity contribution in [3.8, 4) is 5.88 Å². The lowest BCUT2D eigenvalue weighted by Gasteiger charge is -2.38. The molecule has 142 valence electrons. The number of alkyl halides is 3. The van der Waals surface area contributed by atoms with Gasteiger partial charge in [0, 0.05) is 30.6 Å². The van der Waals surface area contributed by atoms with Gasteiger partial charge in [0.15, 0.2) is 12.9 Å². The number of aliphatic imine (C=N–C) groups is 1. The Kier molecular flexibility index (Phi) is 6.23. The molecule has 6 nitrogen and oxygen atoms in total. The molecule has 2 unspecified atom stereocenters. The zero-order chi connectivity index (χ0) is 19.3. The number of nitrogens with one attached hydrogen (secondary N) is 1. The lowest BCUT2D eigenvalue weighted by atomic mass is 10.1. The zero-order valence-electron chi connectivity index (χ0n) is 14.7. The fourth-order valence-corrected chi connectivity index (χ4v) is 2.49. The van der Waals surface area contributed by atoms with Crippen LogP contribution in [-0.2, 0) is 4.79 Å². The number of hydrogen-bond acceptors (Lipinski definition) is 5. The first-order valence-electron chi connectivity index (χ1n) is 8.14. The summed E-state index contributed by atoms with van der Waals surface area (Å²) in [6, 6.07) is 2.83. The van der Waals surface area contributed by atoms with Crippen LogP contribution in [-0.4, -0.2) is 41.1 Å². The number of hydrogen-bond donors (Lipinski definition) is 1. The van der Waals surface area contributed by atoms with Gasteiger partial charge in [-0.3, -0.25) is 4.79 Å². The van der Waals surface area contributed by atoms with E-state index in [9.17, 15) is 18.0 Å². The van der Waals surface area contributed by atoms with Crippen molar-refractivity contribution in [1.29, 1.82) is 0 Å². The molecule has 1 aliphatic rings. The monoisotopic (exact) mass is 370 g/mol. The van der Waals surface area contributed by atoms with Gasteiger partial charge in [0.25, 0.3) is 0 Å². The summed E-state index contributed by atoms with van der Waals surface area (Å²) in [6.07, 6.45) is 0.282. The predicted octanol–water partition coefficient (Wildman–Crippen LogP) is 3.18. The number of nitrogens with zero attached hydrogens (tertiary/aromatic N) is 3. The number of allylic oxidation sites excluding steroid dienone is 2. The molecule has 0 bridgehead atoms. The van der Waals surface area contributed by atoms with E-state index in [1.807, 2.05) is 24.8 Å². The first-order valence-corrected chi connectivity index (χ1v) is 8.14. The molecule has 1 aromatic rings. The second kappa shape index (κ2) is 8.20. The van der Waals surface area contributed by atoms with Crippen molar-refractivity contribution in [1.82, 2.24) is 15.2 Å². The summed E-state index contributed by atoms with van der Waals surface area (Å²) >= 11 is 0. The Balaban J connectivity index is 2.12. The van der Waals surface area contributed by atoms with Crippen molar-refractivity contribution in [2.45, 2.75) is 45.7 Å². The molecule has 2 atom stereocenters. The highest BCUT2D eigenvalue weighted by Gasteiger charge is 2.29. The van der Waals surface area contributed by atoms with Gasteiger partial charge in [0.1, 0.15) is 0 Å². The largest absolute Gasteiger partial charge is 0.468 e. The van der Waals surface area contributed by atoms with Gasteiger partial charge in [-0.2, -0.15) is 13.2 Å². The molecule has 1 aliphatic heterocycles. The van der Waals surface area contributed by atoms with Crippen LogP contribution in [0.2, 0.25) is 0 Å². The van der Waals surface area contributed by atoms with Crippen LogP contribution in [0.1, 0.15) is 38.8 Å². The van der Waals surface area contributed by atoms with Crippen LogP contribution in [0.3, 0.4) is 0 Å². The molecular weight excluding hydrogens is 349 g/mol. The lowest BCUT2D eigenvalue weighted by Crippen LogP contribution is -2.48. The van der Waals surface area contributed by atoms with Crippen LogP contribution in [0.25, 0.3) is 0 Å². The molecule has 0 aliphatic carbocycles. The van der Waals surface area contributed by atoms with E-state index >= 15 is 0 Å². The van der Waals surface area contributed by atoms with E-state index in [1.165, 1.54) is 12.3 Å². The van der Waals surface area contributed by atoms with Gasteiger partial charge in [-0.25, -0.2) is 9.98 Å². The summed E-state index contributed by atoms with van der Waals surface area (Å²) in [4.78, 5) is 21.9. The third-order valence-corrected chi connectivity index (χ3v) is 3.87. The van der Waals surface area contributed by atoms with E-state index in [0.29, 0.717) is 6.42 Å². The molecule has 0 spiro atoms. The number of aromatic nitrogens is 1. The Labute approximate surface area is 149 Å². The molecule has 1 aromatic heterocycles. The zero-order valence-corrected chi connectivity index (χ0v) is 14.7. The summed E-state index contributed by atoms with van der Waals surface area (Å²) in [5.41, 5.74) is 1.65. The topological polar surface area (TPSA) is 66.8 Å². The standard InChI is InChI=1S/C17H21F3N4O2/c1-4-14(25)23-16-21-8-7-11(2)24(16)12(3)13-5-6-15(22-9-13)26-10-17(18,19)20/h5-9,12,16H,4,10H2,1-3H3,(H,23,25). The van der Waals surface area contributed by atoms with E-state index < -0.39 is 19.1 Å². The molecule has 26 heavy (non-hydrogen) atoms. The summed E-state index contributed by atoms with van der Waals surface area (Å²) in [7, 11) is 0. The number of rotatable bonds is 6. The van der Waals surface area contributed by atoms with Crippen LogP contribution in [0.15, 0.2) is 35.1 Å². The second-order valence-electron chi connectivity index (χ2n) is 5.82. The van der Waals surface area contributed by atoms with Gasteiger partial charge >= 0.3 is 6.18 Å². The Morgan fingerprint density at radius 3 is 2.73 bits per heavy atom. The maximum Gasteiger partial charge on any atom is 0.422 e. The van der Waals surface area contributed by atoms with Crippen LogP contribution >= 0.6 is 0 Å². The molecule has 0 aromatic carbocycles. The molecule has 9 heteroatoms. The second-order valence-corrected chi connectivity index (χ2v) is 5.82. The maximum atomic E-state index is 12.2. The Morgan fingerprint density at radius 2 is 2.15 bits per heavy atom. The molecule has 0 saturated heterocycles. The molecule has 0 saturated carbocycles. The number of amides is 1. The Hall–Kier alpha value is -2.58. The normalized spacial score (nSPS) is 18.3. The minimum Gasteiger partial charge on any atom is -0.468 e. The van der Waals surface area contributed by atoms with E-state index in [0.717, 1.165) is 11.3 Å². The average Bonchev–Trinajstić information content (AvgIpc) is 2.59. The van der Waals surface area contributed by atoms with Crippen molar-refractivity contribution < 1.29 is 22.7 Å². The highest BCUT2D eigenvalue weighted by molar-refractivity contribution is 5.77. The van der Waals surface area contributed by atoms with Gasteiger partial charge < -0.3 is 15.0 Å². The number of halogens is 3. The summed E-state index contributed by atoms with van der Waals surface area (Å²) < 4.78 is 41.2. The number of ether oxygens (including phenoxy) is 1. The summed E-state index contributed by atoms with van der Waals surface area (Å²) in [5, 5.41) is 2.83. The average molecular weight is 370 g/mol. The summed E-state index contributed by atoms with van der Waals surface area (Å²) in [5.74, 6) is -0.230. The maximum absolute atomic E-state index is 12.2. The Bertz CT molecular complexity index is 686. The molecular formula is C17H21F3N4O2. The van der Waals surface area contributed by atoms with Crippen molar-refractivity contribution in [3.05, 3.63) is 35.7 Å². The van der Waals surface area contributed by atoms with Crippen LogP contribution in [0, 0.1) is 0 Å². The molecule has 0 radical (unpaired) electrons. The summed E-state index contributed by atoms with van der Waals surface area (Å²) in [6.45, 7) is 4.15. The Morgan fingerprint density at radius 1 is 1.42 bits per heavy atom. The molecule has 2 rings (SSSR count). The highest BCUT2D eigenvalue weighted by Crippen LogP contribution is 2.28. The molecule has 1 N–H and O–H groups in total. The predicted molar refractivity (Wildman–Crippen MR) is 90.5 cm³/mol. The van der Waals surface area contributed by atoms with Gasteiger partial charge in [-0.05, 0) is 25.5 Å². The van der Waals surface area contributed by atoms with Gasteiger partial charge in [0.05, 0.1) is 6.04 Å². The number of carbonyl (C=O) groups is 1. The molecule has 2 heterocycles. The van der Waals surface area contributed by atoms with Gasteiger partial charge in [-0.15, -0.1) is 0 Å². The lowest BCUT2D eigenvalue weighted by molar-refractivity contribution is -0.154. The molecule has 0 fully saturated rings. The minimum atomic E-state index is -4.41. The fraction of sp³-hybridized carbons (Fsp3) is 0.471. The van der Waals surface area contributed by atoms with Crippen molar-refractivity contribution in [3.63, 3.8) is 0 Å². The molecule has 1 amide bonds. The third-order valence-electron chi connectivity index (χ3n) is 3.87. The number of carbonyl (C=O) groups excluding carboxylic acids is 1. The van der Waals surface area contributed by atoms with Crippen LogP contribution in [0.4, 0.5) is 13.2 Å². The number of pyridine rings is 1.